The van der Waals surface area contributed by atoms with Crippen molar-refractivity contribution in [3.8, 4) is 5.75 Å². The standard InChI is InChI=1S/C17H22BrNOS/c1-6-19-16(15-9-12(4)17(18)21-15)13-7-11(3)14(20-5)8-10(13)2/h7-9,16,19H,6H2,1-5H3. The van der Waals surface area contributed by atoms with Crippen LogP contribution in [0.25, 0.3) is 0 Å². The zero-order chi connectivity index (χ0) is 15.6. The lowest BCUT2D eigenvalue weighted by atomic mass is 9.97. The fourth-order valence-electron chi connectivity index (χ4n) is 2.54. The highest BCUT2D eigenvalue weighted by atomic mass is 79.9. The fourth-order valence-corrected chi connectivity index (χ4v) is 4.20. The second kappa shape index (κ2) is 6.95. The van der Waals surface area contributed by atoms with Crippen molar-refractivity contribution in [3.63, 3.8) is 0 Å². The van der Waals surface area contributed by atoms with E-state index in [-0.39, 0.29) is 6.04 Å². The van der Waals surface area contributed by atoms with Gasteiger partial charge in [0.2, 0.25) is 0 Å². The van der Waals surface area contributed by atoms with Gasteiger partial charge in [-0.3, -0.25) is 0 Å². The van der Waals surface area contributed by atoms with Gasteiger partial charge in [-0.25, -0.2) is 0 Å². The van der Waals surface area contributed by atoms with E-state index in [1.807, 2.05) is 0 Å². The first-order valence-corrected chi connectivity index (χ1v) is 8.73. The van der Waals surface area contributed by atoms with Gasteiger partial charge in [0.15, 0.2) is 0 Å². The van der Waals surface area contributed by atoms with Gasteiger partial charge >= 0.3 is 0 Å². The second-order valence-corrected chi connectivity index (χ2v) is 7.68. The number of methoxy groups -OCH3 is 1. The van der Waals surface area contributed by atoms with Crippen LogP contribution in [0.5, 0.6) is 5.75 Å². The highest BCUT2D eigenvalue weighted by Crippen LogP contribution is 2.36. The summed E-state index contributed by atoms with van der Waals surface area (Å²) in [4.78, 5) is 1.34. The maximum absolute atomic E-state index is 5.42. The van der Waals surface area contributed by atoms with Crippen LogP contribution >= 0.6 is 27.3 Å². The van der Waals surface area contributed by atoms with Crippen LogP contribution < -0.4 is 10.1 Å². The van der Waals surface area contributed by atoms with Crippen LogP contribution in [0, 0.1) is 20.8 Å². The Kier molecular flexibility index (Phi) is 5.47. The number of aryl methyl sites for hydroxylation is 3. The number of hydrogen-bond acceptors (Lipinski definition) is 3. The summed E-state index contributed by atoms with van der Waals surface area (Å²) in [6.07, 6.45) is 0. The molecule has 4 heteroatoms. The Bertz CT molecular complexity index is 616. The normalized spacial score (nSPS) is 12.5. The van der Waals surface area contributed by atoms with Gasteiger partial charge in [0.05, 0.1) is 16.9 Å². The molecule has 0 fully saturated rings. The van der Waals surface area contributed by atoms with Crippen molar-refractivity contribution < 1.29 is 4.74 Å². The molecule has 1 unspecified atom stereocenters. The lowest BCUT2D eigenvalue weighted by Gasteiger charge is -2.21. The van der Waals surface area contributed by atoms with E-state index >= 15 is 0 Å². The molecule has 1 N–H and O–H groups in total. The largest absolute Gasteiger partial charge is 0.496 e. The second-order valence-electron chi connectivity index (χ2n) is 5.27. The topological polar surface area (TPSA) is 21.3 Å². The molecule has 0 spiro atoms. The summed E-state index contributed by atoms with van der Waals surface area (Å²) in [6, 6.07) is 6.87. The quantitative estimate of drug-likeness (QED) is 0.789. The van der Waals surface area contributed by atoms with Crippen molar-refractivity contribution in [2.24, 2.45) is 0 Å². The number of thiophene rings is 1. The Balaban J connectivity index is 2.50. The summed E-state index contributed by atoms with van der Waals surface area (Å²) in [5.74, 6) is 0.954. The molecule has 0 bridgehead atoms. The third-order valence-corrected chi connectivity index (χ3v) is 5.87. The molecule has 1 aromatic carbocycles. The molecule has 114 valence electrons. The highest BCUT2D eigenvalue weighted by molar-refractivity contribution is 9.11. The maximum atomic E-state index is 5.42. The average Bonchev–Trinajstić information content (AvgIpc) is 2.78. The van der Waals surface area contributed by atoms with E-state index in [0.717, 1.165) is 12.3 Å². The van der Waals surface area contributed by atoms with E-state index in [0.29, 0.717) is 0 Å². The van der Waals surface area contributed by atoms with Gasteiger partial charge in [-0.2, -0.15) is 0 Å². The van der Waals surface area contributed by atoms with Gasteiger partial charge < -0.3 is 10.1 Å². The Morgan fingerprint density at radius 2 is 1.86 bits per heavy atom. The molecule has 2 nitrogen and oxygen atoms in total. The molecular weight excluding hydrogens is 346 g/mol. The lowest BCUT2D eigenvalue weighted by Crippen LogP contribution is -2.22. The molecule has 1 heterocycles. The van der Waals surface area contributed by atoms with Crippen molar-refractivity contribution in [1.82, 2.24) is 5.32 Å². The van der Waals surface area contributed by atoms with Crippen LogP contribution in [-0.4, -0.2) is 13.7 Å². The van der Waals surface area contributed by atoms with Crippen LogP contribution in [0.15, 0.2) is 22.0 Å². The van der Waals surface area contributed by atoms with Gasteiger partial charge in [-0.05, 0) is 77.6 Å². The van der Waals surface area contributed by atoms with E-state index in [1.54, 1.807) is 18.4 Å². The third kappa shape index (κ3) is 3.50. The van der Waals surface area contributed by atoms with E-state index in [1.165, 1.54) is 30.9 Å². The molecule has 0 aliphatic rings. The summed E-state index contributed by atoms with van der Waals surface area (Å²) in [5, 5.41) is 3.61. The Morgan fingerprint density at radius 3 is 2.38 bits per heavy atom. The number of ether oxygens (including phenoxy) is 1. The zero-order valence-corrected chi connectivity index (χ0v) is 15.6. The van der Waals surface area contributed by atoms with Gasteiger partial charge in [-0.1, -0.05) is 13.0 Å². The van der Waals surface area contributed by atoms with E-state index in [9.17, 15) is 0 Å². The molecule has 0 saturated carbocycles. The van der Waals surface area contributed by atoms with Crippen molar-refractivity contribution in [2.75, 3.05) is 13.7 Å². The van der Waals surface area contributed by atoms with Crippen LogP contribution in [0.2, 0.25) is 0 Å². The predicted molar refractivity (Wildman–Crippen MR) is 94.7 cm³/mol. The SMILES string of the molecule is CCNC(c1cc(C)c(Br)s1)c1cc(C)c(OC)cc1C. The molecule has 1 aromatic heterocycles. The van der Waals surface area contributed by atoms with Gasteiger partial charge in [0.25, 0.3) is 0 Å². The smallest absolute Gasteiger partial charge is 0.122 e. The summed E-state index contributed by atoms with van der Waals surface area (Å²) >= 11 is 5.44. The average molecular weight is 368 g/mol. The van der Waals surface area contributed by atoms with Crippen LogP contribution in [0.4, 0.5) is 0 Å². The van der Waals surface area contributed by atoms with E-state index < -0.39 is 0 Å². The van der Waals surface area contributed by atoms with Crippen molar-refractivity contribution >= 4 is 27.3 Å². The van der Waals surface area contributed by atoms with Crippen molar-refractivity contribution in [1.29, 1.82) is 0 Å². The lowest BCUT2D eigenvalue weighted by molar-refractivity contribution is 0.411. The van der Waals surface area contributed by atoms with Crippen LogP contribution in [0.1, 0.15) is 40.1 Å². The van der Waals surface area contributed by atoms with E-state index in [4.69, 9.17) is 4.74 Å². The van der Waals surface area contributed by atoms with Gasteiger partial charge in [-0.15, -0.1) is 11.3 Å². The van der Waals surface area contributed by atoms with Crippen molar-refractivity contribution in [3.05, 3.63) is 49.1 Å². The molecule has 0 saturated heterocycles. The Labute approximate surface area is 139 Å². The van der Waals surface area contributed by atoms with Gasteiger partial charge in [0, 0.05) is 4.88 Å². The molecule has 0 aliphatic heterocycles. The minimum absolute atomic E-state index is 0.231. The zero-order valence-electron chi connectivity index (χ0n) is 13.2. The third-order valence-electron chi connectivity index (χ3n) is 3.66. The number of rotatable bonds is 5. The first-order valence-electron chi connectivity index (χ1n) is 7.12. The first kappa shape index (κ1) is 16.5. The molecule has 0 amide bonds. The first-order chi connectivity index (χ1) is 9.97. The predicted octanol–water partition coefficient (Wildman–Crippen LogP) is 5.14. The number of halogens is 1. The summed E-state index contributed by atoms with van der Waals surface area (Å²) < 4.78 is 6.64. The summed E-state index contributed by atoms with van der Waals surface area (Å²) in [7, 11) is 1.73. The molecule has 1 atom stereocenters. The highest BCUT2D eigenvalue weighted by Gasteiger charge is 2.19. The van der Waals surface area contributed by atoms with Gasteiger partial charge in [0.1, 0.15) is 5.75 Å². The molecule has 0 radical (unpaired) electrons. The van der Waals surface area contributed by atoms with Crippen molar-refractivity contribution in [2.45, 2.75) is 33.7 Å². The fraction of sp³-hybridized carbons (Fsp3) is 0.412. The molecule has 2 rings (SSSR count). The molecule has 2 aromatic rings. The minimum Gasteiger partial charge on any atom is -0.496 e. The number of nitrogens with one attached hydrogen (secondary N) is 1. The summed E-state index contributed by atoms with van der Waals surface area (Å²) in [5.41, 5.74) is 5.05. The molecule has 0 aliphatic carbocycles. The van der Waals surface area contributed by atoms with Crippen LogP contribution in [-0.2, 0) is 0 Å². The molecular formula is C17H22BrNOS. The monoisotopic (exact) mass is 367 g/mol. The van der Waals surface area contributed by atoms with E-state index in [2.05, 4.69) is 67.1 Å². The summed E-state index contributed by atoms with van der Waals surface area (Å²) in [6.45, 7) is 9.47. The number of hydrogen-bond donors (Lipinski definition) is 1. The van der Waals surface area contributed by atoms with Crippen LogP contribution in [0.3, 0.4) is 0 Å². The Morgan fingerprint density at radius 1 is 1.14 bits per heavy atom. The maximum Gasteiger partial charge on any atom is 0.122 e. The molecule has 21 heavy (non-hydrogen) atoms. The number of benzene rings is 1. The minimum atomic E-state index is 0.231. The Hall–Kier alpha value is -0.840.